The van der Waals surface area contributed by atoms with Crippen LogP contribution in [0.1, 0.15) is 23.6 Å². The first-order valence-corrected chi connectivity index (χ1v) is 14.3. The molecule has 2 heterocycles. The summed E-state index contributed by atoms with van der Waals surface area (Å²) in [7, 11) is 0. The minimum atomic E-state index is -0.969. The van der Waals surface area contributed by atoms with Gasteiger partial charge in [0.25, 0.3) is 0 Å². The monoisotopic (exact) mass is 581 g/mol. The molecule has 3 aromatic rings. The number of hydrogen-bond donors (Lipinski definition) is 2. The summed E-state index contributed by atoms with van der Waals surface area (Å²) in [5, 5.41) is 9.56. The van der Waals surface area contributed by atoms with Gasteiger partial charge in [-0.2, -0.15) is 4.98 Å². The Kier molecular flexibility index (Phi) is 9.56. The smallest absolute Gasteiger partial charge is 0.332 e. The van der Waals surface area contributed by atoms with Crippen LogP contribution in [-0.2, 0) is 33.7 Å². The Morgan fingerprint density at radius 3 is 2.59 bits per heavy atom. The van der Waals surface area contributed by atoms with Crippen LogP contribution in [0.15, 0.2) is 42.5 Å². The average molecular weight is 582 g/mol. The molecule has 3 N–H and O–H groups in total. The SMILES string of the molecule is CC(OCCOCCN1CCN(c2nc(N)nc3c2CCc2cc(OCc4ccc(Cl)cc4)ccc2-3)CC1)C(=O)O. The van der Waals surface area contributed by atoms with Crippen LogP contribution >= 0.6 is 11.6 Å². The van der Waals surface area contributed by atoms with Crippen molar-refractivity contribution in [3.05, 3.63) is 64.2 Å². The molecule has 0 spiro atoms. The van der Waals surface area contributed by atoms with E-state index in [4.69, 9.17) is 36.7 Å². The van der Waals surface area contributed by atoms with Gasteiger partial charge in [0.05, 0.1) is 25.5 Å². The highest BCUT2D eigenvalue weighted by Gasteiger charge is 2.27. The number of piperazine rings is 1. The molecule has 2 aromatic carbocycles. The van der Waals surface area contributed by atoms with E-state index in [1.807, 2.05) is 30.3 Å². The highest BCUT2D eigenvalue weighted by atomic mass is 35.5. The molecule has 1 aliphatic carbocycles. The fourth-order valence-electron chi connectivity index (χ4n) is 5.14. The first-order chi connectivity index (χ1) is 19.9. The molecule has 1 saturated heterocycles. The number of aryl methyl sites for hydroxylation is 1. The fraction of sp³-hybridized carbons (Fsp3) is 0.433. The van der Waals surface area contributed by atoms with Gasteiger partial charge < -0.3 is 30.0 Å². The topological polar surface area (TPSA) is 123 Å². The Hall–Kier alpha value is -3.44. The lowest BCUT2D eigenvalue weighted by Crippen LogP contribution is -2.48. The van der Waals surface area contributed by atoms with Gasteiger partial charge in [0.2, 0.25) is 5.95 Å². The van der Waals surface area contributed by atoms with Crippen LogP contribution in [0, 0.1) is 0 Å². The van der Waals surface area contributed by atoms with Crippen LogP contribution < -0.4 is 15.4 Å². The molecule has 1 aliphatic heterocycles. The molecule has 1 fully saturated rings. The molecule has 1 atom stereocenters. The lowest BCUT2D eigenvalue weighted by atomic mass is 9.88. The summed E-state index contributed by atoms with van der Waals surface area (Å²) in [6.45, 7) is 7.47. The second kappa shape index (κ2) is 13.5. The minimum Gasteiger partial charge on any atom is -0.489 e. The van der Waals surface area contributed by atoms with E-state index in [2.05, 4.69) is 31.9 Å². The minimum absolute atomic E-state index is 0.266. The molecular formula is C30H36ClN5O5. The molecule has 2 aliphatic rings. The van der Waals surface area contributed by atoms with Gasteiger partial charge in [0.15, 0.2) is 6.10 Å². The molecule has 11 heteroatoms. The van der Waals surface area contributed by atoms with Crippen LogP contribution in [0.25, 0.3) is 11.3 Å². The van der Waals surface area contributed by atoms with E-state index >= 15 is 0 Å². The normalized spacial score (nSPS) is 15.7. The number of rotatable bonds is 12. The second-order valence-electron chi connectivity index (χ2n) is 10.3. The van der Waals surface area contributed by atoms with Crippen molar-refractivity contribution in [1.82, 2.24) is 14.9 Å². The standard InChI is InChI=1S/C30H36ClN5O5/c1-20(29(37)38)40-17-16-39-15-14-35-10-12-36(13-11-35)28-26-8-4-22-18-24(41-19-21-2-5-23(31)6-3-21)7-9-25(22)27(26)33-30(32)34-28/h2-3,5-7,9,18,20H,4,8,10-17,19H2,1H3,(H,37,38)(H2,32,33,34). The third-order valence-corrected chi connectivity index (χ3v) is 7.72. The Balaban J connectivity index is 1.16. The summed E-state index contributed by atoms with van der Waals surface area (Å²) in [5.74, 6) is 1.07. The number of halogens is 1. The van der Waals surface area contributed by atoms with E-state index in [1.54, 1.807) is 0 Å². The van der Waals surface area contributed by atoms with Crippen molar-refractivity contribution in [3.63, 3.8) is 0 Å². The predicted molar refractivity (Wildman–Crippen MR) is 158 cm³/mol. The number of benzene rings is 2. The summed E-state index contributed by atoms with van der Waals surface area (Å²) in [5.41, 5.74) is 11.6. The van der Waals surface area contributed by atoms with Crippen molar-refractivity contribution in [1.29, 1.82) is 0 Å². The Bertz CT molecular complexity index is 1350. The molecule has 0 radical (unpaired) electrons. The highest BCUT2D eigenvalue weighted by Crippen LogP contribution is 2.38. The fourth-order valence-corrected chi connectivity index (χ4v) is 5.27. The van der Waals surface area contributed by atoms with E-state index in [0.29, 0.717) is 24.8 Å². The summed E-state index contributed by atoms with van der Waals surface area (Å²) < 4.78 is 16.9. The van der Waals surface area contributed by atoms with Crippen molar-refractivity contribution in [2.45, 2.75) is 32.5 Å². The van der Waals surface area contributed by atoms with E-state index in [9.17, 15) is 4.79 Å². The molecule has 41 heavy (non-hydrogen) atoms. The molecular weight excluding hydrogens is 546 g/mol. The summed E-state index contributed by atoms with van der Waals surface area (Å²) in [6.07, 6.45) is 0.904. The molecule has 1 aromatic heterocycles. The molecule has 10 nitrogen and oxygen atoms in total. The van der Waals surface area contributed by atoms with Gasteiger partial charge >= 0.3 is 5.97 Å². The van der Waals surface area contributed by atoms with Gasteiger partial charge in [-0.1, -0.05) is 23.7 Å². The van der Waals surface area contributed by atoms with Crippen molar-refractivity contribution in [3.8, 4) is 17.0 Å². The number of carboxylic acids is 1. The molecule has 0 amide bonds. The number of nitrogens with two attached hydrogens (primary N) is 1. The highest BCUT2D eigenvalue weighted by molar-refractivity contribution is 6.30. The summed E-state index contributed by atoms with van der Waals surface area (Å²) >= 11 is 5.99. The quantitative estimate of drug-likeness (QED) is 0.306. The maximum absolute atomic E-state index is 10.8. The number of anilines is 2. The van der Waals surface area contributed by atoms with Crippen molar-refractivity contribution >= 4 is 29.3 Å². The zero-order chi connectivity index (χ0) is 28.8. The number of carboxylic acid groups (broad SMARTS) is 1. The number of nitrogen functional groups attached to an aromatic ring is 1. The van der Waals surface area contributed by atoms with Crippen LogP contribution in [0.3, 0.4) is 0 Å². The summed E-state index contributed by atoms with van der Waals surface area (Å²) in [4.78, 5) is 24.8. The average Bonchev–Trinajstić information content (AvgIpc) is 2.98. The number of nitrogens with zero attached hydrogens (tertiary/aromatic N) is 4. The zero-order valence-electron chi connectivity index (χ0n) is 23.2. The molecule has 0 saturated carbocycles. The van der Waals surface area contributed by atoms with Crippen molar-refractivity contribution in [2.24, 2.45) is 0 Å². The Morgan fingerprint density at radius 1 is 1.05 bits per heavy atom. The van der Waals surface area contributed by atoms with Gasteiger partial charge in [0, 0.05) is 48.9 Å². The van der Waals surface area contributed by atoms with Gasteiger partial charge in [-0.3, -0.25) is 4.90 Å². The third kappa shape index (κ3) is 7.45. The van der Waals surface area contributed by atoms with Crippen molar-refractivity contribution < 1.29 is 24.1 Å². The van der Waals surface area contributed by atoms with E-state index in [1.165, 1.54) is 12.5 Å². The molecule has 0 bridgehead atoms. The lowest BCUT2D eigenvalue weighted by Gasteiger charge is -2.37. The first-order valence-electron chi connectivity index (χ1n) is 13.9. The molecule has 1 unspecified atom stereocenters. The van der Waals surface area contributed by atoms with E-state index in [-0.39, 0.29) is 12.6 Å². The van der Waals surface area contributed by atoms with E-state index < -0.39 is 12.1 Å². The van der Waals surface area contributed by atoms with Gasteiger partial charge in [-0.25, -0.2) is 9.78 Å². The number of fused-ring (bicyclic) bond motifs is 3. The number of hydrogen-bond acceptors (Lipinski definition) is 9. The molecule has 218 valence electrons. The largest absolute Gasteiger partial charge is 0.489 e. The van der Waals surface area contributed by atoms with Gasteiger partial charge in [-0.05, 0) is 61.2 Å². The Labute approximate surface area is 245 Å². The predicted octanol–water partition coefficient (Wildman–Crippen LogP) is 3.69. The van der Waals surface area contributed by atoms with Crippen LogP contribution in [0.2, 0.25) is 5.02 Å². The number of aromatic nitrogens is 2. The maximum atomic E-state index is 10.8. The number of carbonyl (C=O) groups is 1. The van der Waals surface area contributed by atoms with Crippen LogP contribution in [0.4, 0.5) is 11.8 Å². The van der Waals surface area contributed by atoms with Crippen molar-refractivity contribution in [2.75, 3.05) is 63.2 Å². The second-order valence-corrected chi connectivity index (χ2v) is 10.7. The van der Waals surface area contributed by atoms with Gasteiger partial charge in [-0.15, -0.1) is 0 Å². The number of ether oxygens (including phenoxy) is 3. The first kappa shape index (κ1) is 29.1. The molecule has 5 rings (SSSR count). The lowest BCUT2D eigenvalue weighted by molar-refractivity contribution is -0.150. The Morgan fingerprint density at radius 2 is 1.83 bits per heavy atom. The van der Waals surface area contributed by atoms with E-state index in [0.717, 1.165) is 79.5 Å². The number of aliphatic carboxylic acids is 1. The summed E-state index contributed by atoms with van der Waals surface area (Å²) in [6, 6.07) is 13.8. The third-order valence-electron chi connectivity index (χ3n) is 7.46. The van der Waals surface area contributed by atoms with Gasteiger partial charge in [0.1, 0.15) is 18.2 Å². The zero-order valence-corrected chi connectivity index (χ0v) is 24.0. The van der Waals surface area contributed by atoms with Crippen LogP contribution in [0.5, 0.6) is 5.75 Å². The van der Waals surface area contributed by atoms with Crippen LogP contribution in [-0.4, -0.2) is 84.6 Å². The maximum Gasteiger partial charge on any atom is 0.332 e.